The highest BCUT2D eigenvalue weighted by Gasteiger charge is 2.36. The maximum atomic E-state index is 14.3. The summed E-state index contributed by atoms with van der Waals surface area (Å²) in [6.45, 7) is 3.86. The first-order valence-electron chi connectivity index (χ1n) is 7.54. The van der Waals surface area contributed by atoms with Gasteiger partial charge in [0, 0.05) is 17.5 Å². The number of allylic oxidation sites excluding steroid dienone is 1. The van der Waals surface area contributed by atoms with Crippen LogP contribution in [0.3, 0.4) is 0 Å². The summed E-state index contributed by atoms with van der Waals surface area (Å²) in [6.07, 6.45) is 2.28. The molecule has 2 aliphatic rings. The van der Waals surface area contributed by atoms with E-state index < -0.39 is 0 Å². The number of anilines is 2. The Balaban J connectivity index is 1.81. The Bertz CT molecular complexity index is 803. The van der Waals surface area contributed by atoms with E-state index in [-0.39, 0.29) is 17.6 Å². The van der Waals surface area contributed by atoms with E-state index in [4.69, 9.17) is 0 Å². The molecule has 1 atom stereocenters. The molecule has 1 aromatic carbocycles. The normalized spacial score (nSPS) is 19.9. The Morgan fingerprint density at radius 1 is 1.26 bits per heavy atom. The van der Waals surface area contributed by atoms with Gasteiger partial charge in [0.25, 0.3) is 0 Å². The van der Waals surface area contributed by atoms with Crippen LogP contribution in [0.15, 0.2) is 48.1 Å². The standard InChI is InChI=1S/C17H17FN4O/c1-10-8-12-4-3-5-14(18)16(12)22-15(10)17(23)21(20-22)13-7-6-11(2)19-9-13/h3-7,9-10,20,23H,8H2,1-2H3/p-1. The Hall–Kier alpha value is -2.60. The number of hydrogen-bond donors (Lipinski definition) is 1. The van der Waals surface area contributed by atoms with Gasteiger partial charge in [0.05, 0.1) is 23.3 Å². The molecule has 0 bridgehead atoms. The summed E-state index contributed by atoms with van der Waals surface area (Å²) in [5.74, 6) is -0.499. The summed E-state index contributed by atoms with van der Waals surface area (Å²) in [4.78, 5) is 4.22. The number of halogens is 1. The van der Waals surface area contributed by atoms with Gasteiger partial charge in [0.2, 0.25) is 0 Å². The second-order valence-electron chi connectivity index (χ2n) is 5.97. The smallest absolute Gasteiger partial charge is 0.148 e. The molecule has 5 nitrogen and oxygen atoms in total. The van der Waals surface area contributed by atoms with Crippen LogP contribution in [0.5, 0.6) is 0 Å². The van der Waals surface area contributed by atoms with Crippen LogP contribution in [0.1, 0.15) is 18.2 Å². The highest BCUT2D eigenvalue weighted by molar-refractivity contribution is 5.66. The number of hydrogen-bond acceptors (Lipinski definition) is 5. The molecule has 6 heteroatoms. The van der Waals surface area contributed by atoms with Gasteiger partial charge < -0.3 is 5.11 Å². The summed E-state index contributed by atoms with van der Waals surface area (Å²) in [7, 11) is 0. The molecule has 4 rings (SSSR count). The van der Waals surface area contributed by atoms with Crippen molar-refractivity contribution in [2.45, 2.75) is 20.3 Å². The van der Waals surface area contributed by atoms with Crippen molar-refractivity contribution in [2.24, 2.45) is 5.92 Å². The van der Waals surface area contributed by atoms with Gasteiger partial charge in [-0.15, -0.1) is 5.53 Å². The van der Waals surface area contributed by atoms with E-state index in [0.717, 1.165) is 11.3 Å². The van der Waals surface area contributed by atoms with Crippen molar-refractivity contribution in [3.8, 4) is 0 Å². The molecule has 1 unspecified atom stereocenters. The SMILES string of the molecule is Cc1ccc(N2NN3C(=C2[O-])C(C)Cc2cccc(F)c23)cn1. The van der Waals surface area contributed by atoms with E-state index in [9.17, 15) is 9.50 Å². The van der Waals surface area contributed by atoms with E-state index in [1.54, 1.807) is 17.3 Å². The Morgan fingerprint density at radius 2 is 2.09 bits per heavy atom. The molecule has 2 aromatic rings. The van der Waals surface area contributed by atoms with Crippen LogP contribution in [0.25, 0.3) is 0 Å². The third-order valence-electron chi connectivity index (χ3n) is 4.30. The maximum absolute atomic E-state index is 14.3. The first kappa shape index (κ1) is 14.0. The van der Waals surface area contributed by atoms with Crippen LogP contribution in [-0.4, -0.2) is 4.98 Å². The molecule has 0 spiro atoms. The zero-order chi connectivity index (χ0) is 16.1. The minimum Gasteiger partial charge on any atom is -0.858 e. The average Bonchev–Trinajstić information content (AvgIpc) is 2.86. The fourth-order valence-electron chi connectivity index (χ4n) is 3.18. The lowest BCUT2D eigenvalue weighted by molar-refractivity contribution is -0.306. The summed E-state index contributed by atoms with van der Waals surface area (Å²) in [5.41, 5.74) is 6.39. The van der Waals surface area contributed by atoms with Crippen LogP contribution in [0, 0.1) is 18.7 Å². The molecule has 0 fully saturated rings. The van der Waals surface area contributed by atoms with Gasteiger partial charge in [-0.1, -0.05) is 19.1 Å². The first-order chi connectivity index (χ1) is 11.1. The average molecular weight is 311 g/mol. The van der Waals surface area contributed by atoms with Gasteiger partial charge in [-0.2, -0.15) is 0 Å². The second-order valence-corrected chi connectivity index (χ2v) is 5.97. The number of para-hydroxylation sites is 1. The lowest BCUT2D eigenvalue weighted by atomic mass is 9.92. The molecular weight excluding hydrogens is 295 g/mol. The Kier molecular flexibility index (Phi) is 3.02. The number of nitrogens with one attached hydrogen (secondary N) is 1. The van der Waals surface area contributed by atoms with Crippen molar-refractivity contribution in [1.29, 1.82) is 0 Å². The topological polar surface area (TPSA) is 54.5 Å². The van der Waals surface area contributed by atoms with Crippen LogP contribution < -0.4 is 20.7 Å². The number of hydrazine groups is 2. The van der Waals surface area contributed by atoms with Gasteiger partial charge in [-0.05, 0) is 37.1 Å². The van der Waals surface area contributed by atoms with Crippen LogP contribution in [0.4, 0.5) is 15.8 Å². The van der Waals surface area contributed by atoms with Crippen molar-refractivity contribution in [1.82, 2.24) is 10.5 Å². The molecule has 1 aromatic heterocycles. The maximum Gasteiger partial charge on any atom is 0.148 e. The van der Waals surface area contributed by atoms with Crippen LogP contribution in [-0.2, 0) is 6.42 Å². The fourth-order valence-corrected chi connectivity index (χ4v) is 3.18. The number of aryl methyl sites for hydroxylation is 1. The number of aromatic nitrogens is 1. The minimum atomic E-state index is -0.337. The Labute approximate surface area is 133 Å². The number of pyridine rings is 1. The van der Waals surface area contributed by atoms with E-state index in [1.807, 2.05) is 32.0 Å². The third kappa shape index (κ3) is 2.06. The second kappa shape index (κ2) is 4.96. The highest BCUT2D eigenvalue weighted by Crippen LogP contribution is 2.40. The van der Waals surface area contributed by atoms with Crippen molar-refractivity contribution < 1.29 is 9.50 Å². The van der Waals surface area contributed by atoms with Gasteiger partial charge >= 0.3 is 0 Å². The molecule has 0 saturated heterocycles. The number of fused-ring (bicyclic) bond motifs is 3. The van der Waals surface area contributed by atoms with E-state index >= 15 is 0 Å². The molecular formula is C17H16FN4O-. The molecule has 0 amide bonds. The van der Waals surface area contributed by atoms with Crippen LogP contribution >= 0.6 is 0 Å². The molecule has 1 N–H and O–H groups in total. The zero-order valence-electron chi connectivity index (χ0n) is 12.9. The lowest BCUT2D eigenvalue weighted by Crippen LogP contribution is -2.45. The lowest BCUT2D eigenvalue weighted by Gasteiger charge is -2.33. The first-order valence-corrected chi connectivity index (χ1v) is 7.54. The van der Waals surface area contributed by atoms with Crippen molar-refractivity contribution in [3.05, 3.63) is 65.2 Å². The van der Waals surface area contributed by atoms with Crippen LogP contribution in [0.2, 0.25) is 0 Å². The predicted octanol–water partition coefficient (Wildman–Crippen LogP) is 2.00. The van der Waals surface area contributed by atoms with Gasteiger partial charge in [-0.3, -0.25) is 15.0 Å². The predicted molar refractivity (Wildman–Crippen MR) is 83.4 cm³/mol. The molecule has 23 heavy (non-hydrogen) atoms. The summed E-state index contributed by atoms with van der Waals surface area (Å²) in [6, 6.07) is 8.66. The Morgan fingerprint density at radius 3 is 2.83 bits per heavy atom. The molecule has 0 saturated carbocycles. The number of benzene rings is 1. The monoisotopic (exact) mass is 311 g/mol. The van der Waals surface area contributed by atoms with Crippen molar-refractivity contribution in [2.75, 3.05) is 10.0 Å². The molecule has 3 heterocycles. The van der Waals surface area contributed by atoms with E-state index in [1.165, 1.54) is 11.1 Å². The van der Waals surface area contributed by atoms with Gasteiger partial charge in [0.1, 0.15) is 5.82 Å². The summed E-state index contributed by atoms with van der Waals surface area (Å²) >= 11 is 0. The van der Waals surface area contributed by atoms with Crippen molar-refractivity contribution >= 4 is 11.4 Å². The molecule has 0 aliphatic carbocycles. The van der Waals surface area contributed by atoms with Gasteiger partial charge in [0.15, 0.2) is 0 Å². The zero-order valence-corrected chi connectivity index (χ0v) is 12.9. The number of rotatable bonds is 1. The van der Waals surface area contributed by atoms with E-state index in [0.29, 0.717) is 23.5 Å². The quantitative estimate of drug-likeness (QED) is 0.873. The molecule has 0 radical (unpaired) electrons. The molecule has 118 valence electrons. The minimum absolute atomic E-state index is 0.00714. The summed E-state index contributed by atoms with van der Waals surface area (Å²) < 4.78 is 14.3. The number of nitrogens with zero attached hydrogens (tertiary/aromatic N) is 3. The largest absolute Gasteiger partial charge is 0.858 e. The molecule has 2 aliphatic heterocycles. The fraction of sp³-hybridized carbons (Fsp3) is 0.235. The van der Waals surface area contributed by atoms with Gasteiger partial charge in [-0.25, -0.2) is 4.39 Å². The summed E-state index contributed by atoms with van der Waals surface area (Å²) in [5, 5.41) is 15.8. The highest BCUT2D eigenvalue weighted by atomic mass is 19.1. The van der Waals surface area contributed by atoms with E-state index in [2.05, 4.69) is 10.5 Å². The van der Waals surface area contributed by atoms with Crippen molar-refractivity contribution in [3.63, 3.8) is 0 Å². The third-order valence-corrected chi connectivity index (χ3v) is 4.30.